The number of nitrogens with zero attached hydrogens (tertiary/aromatic N) is 5. The van der Waals surface area contributed by atoms with E-state index in [0.29, 0.717) is 11.2 Å². The van der Waals surface area contributed by atoms with Crippen molar-refractivity contribution < 1.29 is 0 Å². The second kappa shape index (κ2) is 1.63. The lowest BCUT2D eigenvalue weighted by molar-refractivity contribution is 0.775. The largest absolute Gasteiger partial charge is 0.320 e. The predicted octanol–water partition coefficient (Wildman–Crippen LogP) is -1.06. The zero-order valence-corrected chi connectivity index (χ0v) is 4.97. The van der Waals surface area contributed by atoms with Gasteiger partial charge in [0.2, 0.25) is 5.65 Å². The van der Waals surface area contributed by atoms with Crippen molar-refractivity contribution in [2.75, 3.05) is 5.84 Å². The normalized spacial score (nSPS) is 10.4. The SMILES string of the molecule is Nn1nnc2ccnnc21. The van der Waals surface area contributed by atoms with Crippen LogP contribution in [0.2, 0.25) is 0 Å². The van der Waals surface area contributed by atoms with Gasteiger partial charge in [-0.3, -0.25) is 0 Å². The molecule has 0 fully saturated rings. The van der Waals surface area contributed by atoms with Crippen LogP contribution in [0, 0.1) is 0 Å². The highest BCUT2D eigenvalue weighted by molar-refractivity contribution is 5.67. The van der Waals surface area contributed by atoms with Gasteiger partial charge in [0, 0.05) is 0 Å². The summed E-state index contributed by atoms with van der Waals surface area (Å²) in [6.45, 7) is 0. The van der Waals surface area contributed by atoms with Crippen molar-refractivity contribution >= 4 is 11.2 Å². The minimum Gasteiger partial charge on any atom is -0.320 e. The van der Waals surface area contributed by atoms with Crippen molar-refractivity contribution in [3.8, 4) is 0 Å². The highest BCUT2D eigenvalue weighted by Gasteiger charge is 1.99. The van der Waals surface area contributed by atoms with Gasteiger partial charge in [0.05, 0.1) is 6.20 Å². The van der Waals surface area contributed by atoms with E-state index in [1.807, 2.05) is 0 Å². The summed E-state index contributed by atoms with van der Waals surface area (Å²) in [5, 5.41) is 14.6. The fraction of sp³-hybridized carbons (Fsp3) is 0. The maximum atomic E-state index is 5.32. The number of aromatic nitrogens is 5. The molecule has 0 aliphatic heterocycles. The Bertz CT molecular complexity index is 351. The molecule has 0 spiro atoms. The Morgan fingerprint density at radius 1 is 1.40 bits per heavy atom. The fourth-order valence-corrected chi connectivity index (χ4v) is 0.698. The van der Waals surface area contributed by atoms with Crippen LogP contribution in [0.3, 0.4) is 0 Å². The van der Waals surface area contributed by atoms with E-state index in [2.05, 4.69) is 20.5 Å². The Labute approximate surface area is 55.6 Å². The molecule has 0 aliphatic rings. The van der Waals surface area contributed by atoms with Gasteiger partial charge in [-0.15, -0.1) is 15.0 Å². The van der Waals surface area contributed by atoms with Crippen molar-refractivity contribution in [2.45, 2.75) is 0 Å². The quantitative estimate of drug-likeness (QED) is 0.466. The Balaban J connectivity index is 2.93. The van der Waals surface area contributed by atoms with Gasteiger partial charge in [0.15, 0.2) is 0 Å². The number of hydrogen-bond donors (Lipinski definition) is 1. The number of nitrogen functional groups attached to an aromatic ring is 1. The third-order valence-corrected chi connectivity index (χ3v) is 1.15. The summed E-state index contributed by atoms with van der Waals surface area (Å²) in [6.07, 6.45) is 1.54. The van der Waals surface area contributed by atoms with Crippen LogP contribution in [0.4, 0.5) is 0 Å². The lowest BCUT2D eigenvalue weighted by Crippen LogP contribution is -2.10. The van der Waals surface area contributed by atoms with Gasteiger partial charge in [0.1, 0.15) is 5.52 Å². The lowest BCUT2D eigenvalue weighted by atomic mass is 10.5. The molecular formula is C4H4N6. The lowest BCUT2D eigenvalue weighted by Gasteiger charge is -1.85. The molecule has 6 nitrogen and oxygen atoms in total. The Morgan fingerprint density at radius 2 is 2.30 bits per heavy atom. The standard InChI is InChI=1S/C4H4N6/c5-10-4-3(7-9-10)1-2-6-8-4/h1-2H,5H2. The minimum atomic E-state index is 0.488. The first-order valence-electron chi connectivity index (χ1n) is 2.66. The maximum absolute atomic E-state index is 5.32. The molecule has 2 heterocycles. The Kier molecular flexibility index (Phi) is 0.830. The van der Waals surface area contributed by atoms with Crippen LogP contribution >= 0.6 is 0 Å². The van der Waals surface area contributed by atoms with E-state index in [0.717, 1.165) is 4.79 Å². The highest BCUT2D eigenvalue weighted by Crippen LogP contribution is 1.99. The monoisotopic (exact) mass is 136 g/mol. The van der Waals surface area contributed by atoms with Crippen molar-refractivity contribution in [3.63, 3.8) is 0 Å². The molecule has 2 aromatic rings. The van der Waals surface area contributed by atoms with Crippen LogP contribution < -0.4 is 5.84 Å². The molecule has 0 saturated carbocycles. The van der Waals surface area contributed by atoms with E-state index in [9.17, 15) is 0 Å². The number of hydrogen-bond acceptors (Lipinski definition) is 5. The van der Waals surface area contributed by atoms with E-state index in [-0.39, 0.29) is 0 Å². The topological polar surface area (TPSA) is 82.5 Å². The van der Waals surface area contributed by atoms with E-state index in [4.69, 9.17) is 5.84 Å². The van der Waals surface area contributed by atoms with Crippen LogP contribution in [0.15, 0.2) is 12.3 Å². The van der Waals surface area contributed by atoms with E-state index in [1.165, 1.54) is 6.20 Å². The average molecular weight is 136 g/mol. The molecule has 2 N–H and O–H groups in total. The maximum Gasteiger partial charge on any atom is 0.222 e. The van der Waals surface area contributed by atoms with Gasteiger partial charge >= 0.3 is 0 Å². The first-order valence-corrected chi connectivity index (χ1v) is 2.66. The first kappa shape index (κ1) is 5.10. The molecule has 0 amide bonds. The molecule has 10 heavy (non-hydrogen) atoms. The summed E-state index contributed by atoms with van der Waals surface area (Å²) in [6, 6.07) is 1.69. The number of nitrogens with two attached hydrogens (primary N) is 1. The molecule has 0 saturated heterocycles. The van der Waals surface area contributed by atoms with Crippen LogP contribution in [-0.4, -0.2) is 25.3 Å². The second-order valence-corrected chi connectivity index (χ2v) is 1.77. The molecule has 2 aromatic heterocycles. The molecule has 2 rings (SSSR count). The smallest absolute Gasteiger partial charge is 0.222 e. The second-order valence-electron chi connectivity index (χ2n) is 1.77. The van der Waals surface area contributed by atoms with Crippen molar-refractivity contribution in [2.24, 2.45) is 0 Å². The summed E-state index contributed by atoms with van der Waals surface area (Å²) >= 11 is 0. The van der Waals surface area contributed by atoms with Gasteiger partial charge in [-0.05, 0) is 11.3 Å². The van der Waals surface area contributed by atoms with Crippen LogP contribution in [0.1, 0.15) is 0 Å². The molecule has 0 unspecified atom stereocenters. The van der Waals surface area contributed by atoms with Crippen LogP contribution in [-0.2, 0) is 0 Å². The van der Waals surface area contributed by atoms with Gasteiger partial charge in [-0.25, -0.2) is 0 Å². The predicted molar refractivity (Wildman–Crippen MR) is 33.3 cm³/mol. The third kappa shape index (κ3) is 0.524. The third-order valence-electron chi connectivity index (χ3n) is 1.15. The zero-order valence-electron chi connectivity index (χ0n) is 4.97. The molecule has 0 bridgehead atoms. The Hall–Kier alpha value is -1.72. The summed E-state index contributed by atoms with van der Waals surface area (Å²) in [4.78, 5) is 1.09. The van der Waals surface area contributed by atoms with E-state index >= 15 is 0 Å². The molecule has 0 aliphatic carbocycles. The molecule has 0 aromatic carbocycles. The fourth-order valence-electron chi connectivity index (χ4n) is 0.698. The highest BCUT2D eigenvalue weighted by atomic mass is 15.6. The van der Waals surface area contributed by atoms with Gasteiger partial charge < -0.3 is 5.84 Å². The van der Waals surface area contributed by atoms with Crippen molar-refractivity contribution in [1.82, 2.24) is 25.3 Å². The van der Waals surface area contributed by atoms with E-state index in [1.54, 1.807) is 6.07 Å². The van der Waals surface area contributed by atoms with Gasteiger partial charge in [-0.2, -0.15) is 5.10 Å². The summed E-state index contributed by atoms with van der Waals surface area (Å²) in [5.41, 5.74) is 1.14. The summed E-state index contributed by atoms with van der Waals surface area (Å²) in [7, 11) is 0. The number of rotatable bonds is 0. The molecule has 0 radical (unpaired) electrons. The molecular weight excluding hydrogens is 132 g/mol. The molecule has 0 atom stereocenters. The van der Waals surface area contributed by atoms with Gasteiger partial charge in [0.25, 0.3) is 0 Å². The van der Waals surface area contributed by atoms with E-state index < -0.39 is 0 Å². The molecule has 6 heteroatoms. The average Bonchev–Trinajstić information content (AvgIpc) is 2.34. The van der Waals surface area contributed by atoms with Crippen molar-refractivity contribution in [3.05, 3.63) is 12.3 Å². The summed E-state index contributed by atoms with van der Waals surface area (Å²) in [5.74, 6) is 5.32. The number of fused-ring (bicyclic) bond motifs is 1. The Morgan fingerprint density at radius 3 is 3.10 bits per heavy atom. The summed E-state index contributed by atoms with van der Waals surface area (Å²) < 4.78 is 0. The minimum absolute atomic E-state index is 0.488. The van der Waals surface area contributed by atoms with Crippen LogP contribution in [0.25, 0.3) is 11.2 Å². The van der Waals surface area contributed by atoms with Crippen LogP contribution in [0.5, 0.6) is 0 Å². The van der Waals surface area contributed by atoms with Crippen molar-refractivity contribution in [1.29, 1.82) is 0 Å². The van der Waals surface area contributed by atoms with Gasteiger partial charge in [-0.1, -0.05) is 0 Å². The zero-order chi connectivity index (χ0) is 6.97. The molecule has 50 valence electrons. The first-order chi connectivity index (χ1) is 4.88.